The molecule has 0 saturated heterocycles. The number of amides is 2. The number of aromatic nitrogens is 2. The van der Waals surface area contributed by atoms with Crippen LogP contribution in [0.2, 0.25) is 0 Å². The number of sulfonamides is 1. The smallest absolute Gasteiger partial charge is 0.339 e. The summed E-state index contributed by atoms with van der Waals surface area (Å²) in [6.07, 6.45) is 3.20. The van der Waals surface area contributed by atoms with Gasteiger partial charge in [-0.1, -0.05) is 12.1 Å². The largest absolute Gasteiger partial charge is 0.465 e. The van der Waals surface area contributed by atoms with E-state index in [0.717, 1.165) is 13.2 Å². The van der Waals surface area contributed by atoms with E-state index in [1.165, 1.54) is 47.8 Å². The van der Waals surface area contributed by atoms with Crippen molar-refractivity contribution in [1.82, 2.24) is 14.3 Å². The molecule has 2 N–H and O–H groups in total. The molecule has 2 rings (SSSR count). The third-order valence-electron chi connectivity index (χ3n) is 3.30. The molecule has 0 saturated carbocycles. The summed E-state index contributed by atoms with van der Waals surface area (Å²) < 4.78 is 32.4. The van der Waals surface area contributed by atoms with Crippen LogP contribution in [-0.2, 0) is 21.8 Å². The fourth-order valence-corrected chi connectivity index (χ4v) is 3.60. The summed E-state index contributed by atoms with van der Waals surface area (Å²) in [5, 5.41) is 2.56. The van der Waals surface area contributed by atoms with Gasteiger partial charge in [0.05, 0.1) is 12.7 Å². The molecule has 2 aromatic rings. The molecule has 0 aliphatic heterocycles. The van der Waals surface area contributed by atoms with Gasteiger partial charge in [-0.15, -0.1) is 11.8 Å². The van der Waals surface area contributed by atoms with Crippen molar-refractivity contribution >= 4 is 39.6 Å². The summed E-state index contributed by atoms with van der Waals surface area (Å²) in [4.78, 5) is 39.4. The predicted molar refractivity (Wildman–Crippen MR) is 98.4 cm³/mol. The predicted octanol–water partition coefficient (Wildman–Crippen LogP) is 0.799. The number of carbonyl (C=O) groups is 2. The van der Waals surface area contributed by atoms with Gasteiger partial charge >= 0.3 is 12.0 Å². The monoisotopic (exact) mass is 412 g/mol. The third-order valence-corrected chi connectivity index (χ3v) is 5.30. The maximum atomic E-state index is 12.5. The molecule has 0 bridgehead atoms. The molecule has 0 spiro atoms. The van der Waals surface area contributed by atoms with Crippen LogP contribution in [0.4, 0.5) is 10.6 Å². The van der Waals surface area contributed by atoms with Gasteiger partial charge in [-0.2, -0.15) is 0 Å². The van der Waals surface area contributed by atoms with E-state index < -0.39 is 32.5 Å². The summed E-state index contributed by atoms with van der Waals surface area (Å²) in [7, 11) is -1.84. The molecule has 0 atom stereocenters. The third kappa shape index (κ3) is 4.65. The van der Waals surface area contributed by atoms with E-state index in [0.29, 0.717) is 5.03 Å². The van der Waals surface area contributed by atoms with Gasteiger partial charge in [0.1, 0.15) is 9.92 Å². The van der Waals surface area contributed by atoms with Gasteiger partial charge in [-0.3, -0.25) is 10.1 Å². The molecule has 0 unspecified atom stereocenters. The minimum atomic E-state index is -4.41. The number of nitrogens with zero attached hydrogens (tertiary/aromatic N) is 2. The van der Waals surface area contributed by atoms with Gasteiger partial charge in [0.25, 0.3) is 15.6 Å². The van der Waals surface area contributed by atoms with E-state index in [4.69, 9.17) is 0 Å². The minimum absolute atomic E-state index is 0.237. The Morgan fingerprint density at radius 1 is 1.26 bits per heavy atom. The highest BCUT2D eigenvalue weighted by molar-refractivity contribution is 7.98. The normalized spacial score (nSPS) is 10.9. The lowest BCUT2D eigenvalue weighted by molar-refractivity contribution is 0.0596. The minimum Gasteiger partial charge on any atom is -0.465 e. The number of esters is 1. The second kappa shape index (κ2) is 8.22. The maximum absolute atomic E-state index is 12.5. The van der Waals surface area contributed by atoms with Gasteiger partial charge < -0.3 is 9.30 Å². The molecule has 1 heterocycles. The number of urea groups is 1. The summed E-state index contributed by atoms with van der Waals surface area (Å²) in [6.45, 7) is 0. The fourth-order valence-electron chi connectivity index (χ4n) is 2.05. The van der Waals surface area contributed by atoms with Crippen molar-refractivity contribution in [3.05, 3.63) is 46.4 Å². The van der Waals surface area contributed by atoms with Crippen LogP contribution in [0.3, 0.4) is 0 Å². The highest BCUT2D eigenvalue weighted by Gasteiger charge is 2.25. The molecule has 10 nitrogen and oxygen atoms in total. The number of aryl methyl sites for hydroxylation is 1. The van der Waals surface area contributed by atoms with Crippen molar-refractivity contribution in [2.75, 3.05) is 18.7 Å². The molecule has 12 heteroatoms. The number of ether oxygens (including phenoxy) is 1. The molecule has 27 heavy (non-hydrogen) atoms. The van der Waals surface area contributed by atoms with Crippen molar-refractivity contribution in [2.24, 2.45) is 7.05 Å². The van der Waals surface area contributed by atoms with E-state index in [9.17, 15) is 22.8 Å². The molecule has 0 radical (unpaired) electrons. The van der Waals surface area contributed by atoms with Gasteiger partial charge in [0.2, 0.25) is 5.82 Å². The van der Waals surface area contributed by atoms with Crippen LogP contribution in [0.15, 0.2) is 45.2 Å². The fraction of sp³-hybridized carbons (Fsp3) is 0.200. The maximum Gasteiger partial charge on any atom is 0.339 e. The average molecular weight is 412 g/mol. The Morgan fingerprint density at radius 2 is 1.93 bits per heavy atom. The molecule has 0 fully saturated rings. The molecule has 1 aromatic heterocycles. The summed E-state index contributed by atoms with van der Waals surface area (Å²) in [6, 6.07) is 4.04. The first-order chi connectivity index (χ1) is 12.7. The van der Waals surface area contributed by atoms with Crippen LogP contribution in [0.1, 0.15) is 10.4 Å². The van der Waals surface area contributed by atoms with Gasteiger partial charge in [0.15, 0.2) is 0 Å². The molecule has 2 amide bonds. The van der Waals surface area contributed by atoms with Crippen LogP contribution in [0.25, 0.3) is 0 Å². The standard InChI is InChI=1S/C15H16N4O6S2/c1-19-8-11(26-3)16-12(13(19)20)17-15(22)18-27(23,24)10-7-5-4-6-9(10)14(21)25-2/h4-8H,1-3H3,(H2,16,17,18,22). The second-order valence-electron chi connectivity index (χ2n) is 5.10. The van der Waals surface area contributed by atoms with E-state index in [-0.39, 0.29) is 11.4 Å². The van der Waals surface area contributed by atoms with Crippen molar-refractivity contribution in [2.45, 2.75) is 9.92 Å². The van der Waals surface area contributed by atoms with Crippen LogP contribution in [0, 0.1) is 0 Å². The van der Waals surface area contributed by atoms with E-state index in [1.807, 2.05) is 0 Å². The van der Waals surface area contributed by atoms with E-state index >= 15 is 0 Å². The van der Waals surface area contributed by atoms with Crippen LogP contribution in [-0.4, -0.2) is 43.3 Å². The number of thioether (sulfide) groups is 1. The van der Waals surface area contributed by atoms with Crippen molar-refractivity contribution < 1.29 is 22.7 Å². The number of rotatable bonds is 5. The lowest BCUT2D eigenvalue weighted by Crippen LogP contribution is -2.37. The number of hydrogen-bond acceptors (Lipinski definition) is 8. The van der Waals surface area contributed by atoms with Gasteiger partial charge in [-0.05, 0) is 18.4 Å². The Labute approximate surface area is 159 Å². The molecule has 0 aliphatic carbocycles. The van der Waals surface area contributed by atoms with Crippen molar-refractivity contribution in [3.8, 4) is 0 Å². The lowest BCUT2D eigenvalue weighted by Gasteiger charge is -2.11. The van der Waals surface area contributed by atoms with Gasteiger partial charge in [0, 0.05) is 13.2 Å². The van der Waals surface area contributed by atoms with Crippen LogP contribution < -0.4 is 15.6 Å². The highest BCUT2D eigenvalue weighted by Crippen LogP contribution is 2.16. The second-order valence-corrected chi connectivity index (χ2v) is 7.57. The van der Waals surface area contributed by atoms with Crippen molar-refractivity contribution in [3.63, 3.8) is 0 Å². The Morgan fingerprint density at radius 3 is 2.56 bits per heavy atom. The van der Waals surface area contributed by atoms with E-state index in [1.54, 1.807) is 11.0 Å². The SMILES string of the molecule is COC(=O)c1ccccc1S(=O)(=O)NC(=O)Nc1nc(SC)cn(C)c1=O. The molecular formula is C15H16N4O6S2. The van der Waals surface area contributed by atoms with Crippen LogP contribution >= 0.6 is 11.8 Å². The summed E-state index contributed by atoms with van der Waals surface area (Å²) in [5.74, 6) is -1.21. The Hall–Kier alpha value is -2.86. The Kier molecular flexibility index (Phi) is 6.23. The molecule has 0 aliphatic rings. The zero-order valence-corrected chi connectivity index (χ0v) is 16.2. The number of hydrogen-bond donors (Lipinski definition) is 2. The first-order valence-corrected chi connectivity index (χ1v) is 10.0. The topological polar surface area (TPSA) is 136 Å². The lowest BCUT2D eigenvalue weighted by atomic mass is 10.2. The first kappa shape index (κ1) is 20.5. The number of nitrogens with one attached hydrogen (secondary N) is 2. The Bertz CT molecular complexity index is 1050. The molecule has 144 valence electrons. The van der Waals surface area contributed by atoms with Crippen molar-refractivity contribution in [1.29, 1.82) is 0 Å². The van der Waals surface area contributed by atoms with Gasteiger partial charge in [-0.25, -0.2) is 27.7 Å². The number of carbonyl (C=O) groups excluding carboxylic acids is 2. The zero-order valence-electron chi connectivity index (χ0n) is 14.5. The summed E-state index contributed by atoms with van der Waals surface area (Å²) in [5.41, 5.74) is -0.853. The number of benzene rings is 1. The Balaban J connectivity index is 2.30. The number of anilines is 1. The highest BCUT2D eigenvalue weighted by atomic mass is 32.2. The number of methoxy groups -OCH3 is 1. The molecule has 1 aromatic carbocycles. The quantitative estimate of drug-likeness (QED) is 0.543. The first-order valence-electron chi connectivity index (χ1n) is 7.32. The average Bonchev–Trinajstić information content (AvgIpc) is 2.64. The van der Waals surface area contributed by atoms with Crippen LogP contribution in [0.5, 0.6) is 0 Å². The van der Waals surface area contributed by atoms with E-state index in [2.05, 4.69) is 15.0 Å². The zero-order chi connectivity index (χ0) is 20.2. The summed E-state index contributed by atoms with van der Waals surface area (Å²) >= 11 is 1.24. The molecular weight excluding hydrogens is 396 g/mol.